The van der Waals surface area contributed by atoms with Gasteiger partial charge in [-0.2, -0.15) is 21.0 Å². The molecule has 0 saturated carbocycles. The van der Waals surface area contributed by atoms with Crippen LogP contribution in [0.1, 0.15) is 32.3 Å². The number of nitrogens with zero attached hydrogens (tertiary/aromatic N) is 5. The molecule has 5 nitrogen and oxygen atoms in total. The molecule has 0 fully saturated rings. The van der Waals surface area contributed by atoms with Crippen molar-refractivity contribution in [3.05, 3.63) is 88.7 Å². The maximum absolute atomic E-state index is 9.20. The topological polar surface area (TPSA) is 98.4 Å². The third kappa shape index (κ3) is 4.80. The third-order valence-electron chi connectivity index (χ3n) is 6.14. The van der Waals surface area contributed by atoms with E-state index in [9.17, 15) is 10.5 Å². The van der Waals surface area contributed by atoms with Crippen LogP contribution < -0.4 is 4.90 Å². The number of para-hydroxylation sites is 1. The monoisotopic (exact) mass is 431 g/mol. The van der Waals surface area contributed by atoms with Crippen molar-refractivity contribution in [2.45, 2.75) is 32.1 Å². The average molecular weight is 432 g/mol. The lowest BCUT2D eigenvalue weighted by atomic mass is 9.84. The first-order valence-electron chi connectivity index (χ1n) is 10.8. The fraction of sp³-hybridized carbons (Fsp3) is 0.286. The fourth-order valence-corrected chi connectivity index (χ4v) is 4.39. The summed E-state index contributed by atoms with van der Waals surface area (Å²) in [4.78, 5) is 2.21. The molecule has 0 spiro atoms. The molecule has 1 aromatic carbocycles. The number of likely N-dealkylation sites (N-methyl/N-ethyl adjacent to an activating group) is 1. The molecule has 5 heteroatoms. The van der Waals surface area contributed by atoms with Crippen molar-refractivity contribution in [3.63, 3.8) is 0 Å². The zero-order chi connectivity index (χ0) is 24.0. The van der Waals surface area contributed by atoms with Crippen LogP contribution in [-0.2, 0) is 5.41 Å². The van der Waals surface area contributed by atoms with Crippen molar-refractivity contribution in [2.24, 2.45) is 11.8 Å². The Balaban J connectivity index is 1.86. The molecule has 0 unspecified atom stereocenters. The summed E-state index contributed by atoms with van der Waals surface area (Å²) >= 11 is 0. The van der Waals surface area contributed by atoms with E-state index in [1.54, 1.807) is 0 Å². The molecule has 0 atom stereocenters. The quantitative estimate of drug-likeness (QED) is 0.571. The molecule has 2 aliphatic rings. The molecule has 33 heavy (non-hydrogen) atoms. The molecule has 0 saturated heterocycles. The summed E-state index contributed by atoms with van der Waals surface area (Å²) in [5, 5.41) is 36.6. The summed E-state index contributed by atoms with van der Waals surface area (Å²) < 4.78 is 0. The van der Waals surface area contributed by atoms with E-state index >= 15 is 0 Å². The second-order valence-corrected chi connectivity index (χ2v) is 8.68. The lowest BCUT2D eigenvalue weighted by Crippen LogP contribution is -2.22. The molecule has 162 valence electrons. The van der Waals surface area contributed by atoms with Crippen molar-refractivity contribution in [1.82, 2.24) is 0 Å². The minimum Gasteiger partial charge on any atom is -0.347 e. The SMILES string of the molecule is CN1\C(=C/C=C/C=C2/C=C(CC(C#N)C#N)C=C2CC(C#N)C#N)C(C)(C)c2ccccc21. The van der Waals surface area contributed by atoms with Gasteiger partial charge in [0.05, 0.1) is 24.3 Å². The number of allylic oxidation sites excluding steroid dienone is 10. The molecule has 1 aliphatic heterocycles. The number of nitriles is 4. The number of anilines is 1. The van der Waals surface area contributed by atoms with Crippen LogP contribution in [0.5, 0.6) is 0 Å². The van der Waals surface area contributed by atoms with Crippen LogP contribution in [-0.4, -0.2) is 7.05 Å². The van der Waals surface area contributed by atoms with E-state index in [-0.39, 0.29) is 5.41 Å². The lowest BCUT2D eigenvalue weighted by molar-refractivity contribution is 0.640. The van der Waals surface area contributed by atoms with Gasteiger partial charge in [-0.25, -0.2) is 0 Å². The number of rotatable bonds is 6. The van der Waals surface area contributed by atoms with Crippen LogP contribution in [0.3, 0.4) is 0 Å². The van der Waals surface area contributed by atoms with Crippen LogP contribution in [0.15, 0.2) is 83.1 Å². The van der Waals surface area contributed by atoms with Crippen molar-refractivity contribution in [2.75, 3.05) is 11.9 Å². The molecule has 1 aliphatic carbocycles. The van der Waals surface area contributed by atoms with E-state index in [4.69, 9.17) is 10.5 Å². The number of fused-ring (bicyclic) bond motifs is 1. The van der Waals surface area contributed by atoms with Gasteiger partial charge in [0, 0.05) is 36.7 Å². The summed E-state index contributed by atoms with van der Waals surface area (Å²) in [7, 11) is 2.07. The van der Waals surface area contributed by atoms with Gasteiger partial charge in [-0.1, -0.05) is 62.4 Å². The molecular formula is C28H25N5. The molecule has 0 aromatic heterocycles. The van der Waals surface area contributed by atoms with E-state index in [0.717, 1.165) is 16.7 Å². The Bertz CT molecular complexity index is 1230. The van der Waals surface area contributed by atoms with Crippen LogP contribution in [0.2, 0.25) is 0 Å². The Morgan fingerprint density at radius 1 is 0.879 bits per heavy atom. The highest BCUT2D eigenvalue weighted by atomic mass is 15.2. The van der Waals surface area contributed by atoms with Crippen LogP contribution in [0.4, 0.5) is 5.69 Å². The zero-order valence-electron chi connectivity index (χ0n) is 19.1. The first kappa shape index (κ1) is 23.3. The van der Waals surface area contributed by atoms with Crippen molar-refractivity contribution in [3.8, 4) is 24.3 Å². The average Bonchev–Trinajstić information content (AvgIpc) is 3.29. The van der Waals surface area contributed by atoms with E-state index in [0.29, 0.717) is 12.8 Å². The summed E-state index contributed by atoms with van der Waals surface area (Å²) in [5.74, 6) is -1.47. The van der Waals surface area contributed by atoms with Gasteiger partial charge in [0.25, 0.3) is 0 Å². The second-order valence-electron chi connectivity index (χ2n) is 8.68. The molecule has 1 aromatic rings. The predicted molar refractivity (Wildman–Crippen MR) is 128 cm³/mol. The maximum atomic E-state index is 9.20. The molecule has 0 amide bonds. The Labute approximate surface area is 195 Å². The van der Waals surface area contributed by atoms with Crippen molar-refractivity contribution < 1.29 is 0 Å². The minimum absolute atomic E-state index is 0.106. The zero-order valence-corrected chi connectivity index (χ0v) is 19.1. The summed E-state index contributed by atoms with van der Waals surface area (Å²) in [6.45, 7) is 4.43. The summed E-state index contributed by atoms with van der Waals surface area (Å²) in [6.07, 6.45) is 12.5. The van der Waals surface area contributed by atoms with Gasteiger partial charge in [-0.15, -0.1) is 0 Å². The smallest absolute Gasteiger partial charge is 0.137 e. The number of hydrogen-bond acceptors (Lipinski definition) is 5. The lowest BCUT2D eigenvalue weighted by Gasteiger charge is -2.23. The molecular weight excluding hydrogens is 406 g/mol. The van der Waals surface area contributed by atoms with E-state index in [1.807, 2.05) is 60.7 Å². The van der Waals surface area contributed by atoms with E-state index < -0.39 is 11.8 Å². The minimum atomic E-state index is -0.743. The highest BCUT2D eigenvalue weighted by molar-refractivity contribution is 5.70. The molecule has 0 bridgehead atoms. The molecule has 0 radical (unpaired) electrons. The maximum Gasteiger partial charge on any atom is 0.137 e. The standard InChI is InChI=1S/C28H25N5/c1-28(2)25-9-5-6-10-26(25)33(3)27(28)11-7-4-8-23-13-20(12-21(16-29)17-30)14-24(23)15-22(18-31)19-32/h4-11,13-14,21-22H,12,15H2,1-3H3/b7-4+,23-8-,27-11-. The predicted octanol–water partition coefficient (Wildman–Crippen LogP) is 5.75. The normalized spacial score (nSPS) is 18.8. The highest BCUT2D eigenvalue weighted by Crippen LogP contribution is 2.46. The van der Waals surface area contributed by atoms with Gasteiger partial charge in [0.1, 0.15) is 11.8 Å². The first-order chi connectivity index (χ1) is 15.8. The van der Waals surface area contributed by atoms with Crippen LogP contribution in [0, 0.1) is 57.2 Å². The Morgan fingerprint density at radius 3 is 2.12 bits per heavy atom. The van der Waals surface area contributed by atoms with Crippen molar-refractivity contribution >= 4 is 5.69 Å². The van der Waals surface area contributed by atoms with E-state index in [2.05, 4.69) is 50.1 Å². The van der Waals surface area contributed by atoms with Gasteiger partial charge in [0.2, 0.25) is 0 Å². The van der Waals surface area contributed by atoms with Crippen LogP contribution in [0.25, 0.3) is 0 Å². The van der Waals surface area contributed by atoms with Gasteiger partial charge in [-0.05, 0) is 34.4 Å². The summed E-state index contributed by atoms with van der Waals surface area (Å²) in [5.41, 5.74) is 6.21. The molecule has 1 heterocycles. The number of benzene rings is 1. The first-order valence-corrected chi connectivity index (χ1v) is 10.8. The Morgan fingerprint density at radius 2 is 1.48 bits per heavy atom. The van der Waals surface area contributed by atoms with Gasteiger partial charge >= 0.3 is 0 Å². The van der Waals surface area contributed by atoms with E-state index in [1.165, 1.54) is 16.9 Å². The Kier molecular flexibility index (Phi) is 6.98. The fourth-order valence-electron chi connectivity index (χ4n) is 4.39. The van der Waals surface area contributed by atoms with Gasteiger partial charge in [0.15, 0.2) is 0 Å². The van der Waals surface area contributed by atoms with Gasteiger partial charge in [-0.3, -0.25) is 0 Å². The van der Waals surface area contributed by atoms with Crippen molar-refractivity contribution in [1.29, 1.82) is 21.0 Å². The second kappa shape index (κ2) is 9.87. The summed E-state index contributed by atoms with van der Waals surface area (Å²) in [6, 6.07) is 16.4. The number of hydrogen-bond donors (Lipinski definition) is 0. The molecule has 0 N–H and O–H groups in total. The Hall–Kier alpha value is -4.32. The third-order valence-corrected chi connectivity index (χ3v) is 6.14. The highest BCUT2D eigenvalue weighted by Gasteiger charge is 2.37. The largest absolute Gasteiger partial charge is 0.347 e. The van der Waals surface area contributed by atoms with Crippen LogP contribution >= 0.6 is 0 Å². The van der Waals surface area contributed by atoms with Gasteiger partial charge < -0.3 is 4.90 Å². The molecule has 3 rings (SSSR count).